The average molecular weight is 511 g/mol. The molecule has 2 N–H and O–H groups in total. The molecular formula is C22H30N4O6S2. The van der Waals surface area contributed by atoms with Crippen LogP contribution in [-0.4, -0.2) is 57.6 Å². The monoisotopic (exact) mass is 510 g/mol. The SMILES string of the molecule is CC(C)CC1CC(=O)C(C2=NS(=O)(=O)c3cc(NS(C)(=O)=O)ccc3N2)C(=O)N1C1CCCC1. The zero-order valence-electron chi connectivity index (χ0n) is 19.4. The molecule has 1 aliphatic carbocycles. The molecule has 0 bridgehead atoms. The number of fused-ring (bicyclic) bond motifs is 1. The molecule has 2 aliphatic heterocycles. The highest BCUT2D eigenvalue weighted by Gasteiger charge is 2.48. The maximum absolute atomic E-state index is 13.7. The molecule has 2 unspecified atom stereocenters. The van der Waals surface area contributed by atoms with Crippen LogP contribution >= 0.6 is 0 Å². The summed E-state index contributed by atoms with van der Waals surface area (Å²) in [5.41, 5.74) is 0.209. The Labute approximate surface area is 200 Å². The van der Waals surface area contributed by atoms with Gasteiger partial charge < -0.3 is 10.2 Å². The molecule has 2 fully saturated rings. The molecule has 1 saturated heterocycles. The molecule has 0 radical (unpaired) electrons. The number of hydrogen-bond acceptors (Lipinski definition) is 7. The molecular weight excluding hydrogens is 480 g/mol. The molecule has 10 nitrogen and oxygen atoms in total. The first kappa shape index (κ1) is 24.6. The Morgan fingerprint density at radius 2 is 1.88 bits per heavy atom. The molecule has 2 atom stereocenters. The second-order valence-corrected chi connectivity index (χ2v) is 13.1. The van der Waals surface area contributed by atoms with Crippen LogP contribution < -0.4 is 10.0 Å². The summed E-state index contributed by atoms with van der Waals surface area (Å²) < 4.78 is 55.0. The van der Waals surface area contributed by atoms with Gasteiger partial charge >= 0.3 is 0 Å². The third-order valence-corrected chi connectivity index (χ3v) is 8.37. The van der Waals surface area contributed by atoms with Crippen molar-refractivity contribution in [3.8, 4) is 0 Å². The van der Waals surface area contributed by atoms with Gasteiger partial charge in [-0.3, -0.25) is 14.3 Å². The number of benzene rings is 1. The Bertz CT molecular complexity index is 1250. The number of nitrogens with one attached hydrogen (secondary N) is 2. The highest BCUT2D eigenvalue weighted by Crippen LogP contribution is 2.37. The highest BCUT2D eigenvalue weighted by atomic mass is 32.2. The second kappa shape index (κ2) is 8.95. The maximum Gasteiger partial charge on any atom is 0.286 e. The lowest BCUT2D eigenvalue weighted by atomic mass is 9.84. The third kappa shape index (κ3) is 4.97. The number of carbonyl (C=O) groups excluding carboxylic acids is 2. The van der Waals surface area contributed by atoms with Gasteiger partial charge in [0.1, 0.15) is 10.7 Å². The molecule has 1 amide bonds. The van der Waals surface area contributed by atoms with E-state index < -0.39 is 31.9 Å². The number of ketones is 1. The lowest BCUT2D eigenvalue weighted by Crippen LogP contribution is -2.58. The summed E-state index contributed by atoms with van der Waals surface area (Å²) in [4.78, 5) is 28.4. The molecule has 1 aromatic rings. The van der Waals surface area contributed by atoms with Gasteiger partial charge in [0.15, 0.2) is 11.7 Å². The van der Waals surface area contributed by atoms with Crippen molar-refractivity contribution in [2.24, 2.45) is 16.2 Å². The quantitative estimate of drug-likeness (QED) is 0.559. The van der Waals surface area contributed by atoms with Crippen molar-refractivity contribution >= 4 is 48.9 Å². The van der Waals surface area contributed by atoms with Crippen molar-refractivity contribution < 1.29 is 26.4 Å². The van der Waals surface area contributed by atoms with Gasteiger partial charge in [-0.2, -0.15) is 8.42 Å². The molecule has 34 heavy (non-hydrogen) atoms. The molecule has 1 aromatic carbocycles. The first-order valence-corrected chi connectivity index (χ1v) is 14.8. The molecule has 4 rings (SSSR count). The summed E-state index contributed by atoms with van der Waals surface area (Å²) in [6.45, 7) is 4.11. The molecule has 12 heteroatoms. The fourth-order valence-electron chi connectivity index (χ4n) is 5.17. The van der Waals surface area contributed by atoms with Crippen molar-refractivity contribution in [1.82, 2.24) is 4.90 Å². The number of rotatable bonds is 6. The van der Waals surface area contributed by atoms with Gasteiger partial charge in [-0.25, -0.2) is 8.42 Å². The number of piperidine rings is 1. The van der Waals surface area contributed by atoms with E-state index in [9.17, 15) is 26.4 Å². The Kier molecular flexibility index (Phi) is 6.49. The van der Waals surface area contributed by atoms with Crippen LogP contribution in [0.5, 0.6) is 0 Å². The maximum atomic E-state index is 13.7. The van der Waals surface area contributed by atoms with Crippen molar-refractivity contribution in [2.45, 2.75) is 69.4 Å². The van der Waals surface area contributed by atoms with Gasteiger partial charge in [0, 0.05) is 24.2 Å². The van der Waals surface area contributed by atoms with Crippen molar-refractivity contribution in [2.75, 3.05) is 16.3 Å². The van der Waals surface area contributed by atoms with Gasteiger partial charge in [0.2, 0.25) is 15.9 Å². The van der Waals surface area contributed by atoms with Gasteiger partial charge in [-0.15, -0.1) is 4.40 Å². The van der Waals surface area contributed by atoms with Gasteiger partial charge in [-0.1, -0.05) is 26.7 Å². The molecule has 0 spiro atoms. The van der Waals surface area contributed by atoms with Gasteiger partial charge in [-0.05, 0) is 43.4 Å². The van der Waals surface area contributed by atoms with Crippen molar-refractivity contribution in [1.29, 1.82) is 0 Å². The minimum Gasteiger partial charge on any atom is -0.341 e. The Balaban J connectivity index is 1.68. The number of nitrogens with zero attached hydrogens (tertiary/aromatic N) is 2. The molecule has 186 valence electrons. The lowest BCUT2D eigenvalue weighted by molar-refractivity contribution is -0.149. The van der Waals surface area contributed by atoms with E-state index in [0.717, 1.165) is 38.0 Å². The summed E-state index contributed by atoms with van der Waals surface area (Å²) >= 11 is 0. The smallest absolute Gasteiger partial charge is 0.286 e. The number of anilines is 2. The summed E-state index contributed by atoms with van der Waals surface area (Å²) in [6, 6.07) is 3.80. The van der Waals surface area contributed by atoms with Crippen LogP contribution in [0.3, 0.4) is 0 Å². The van der Waals surface area contributed by atoms with Crippen LogP contribution in [0.2, 0.25) is 0 Å². The van der Waals surface area contributed by atoms with E-state index in [1.807, 2.05) is 4.90 Å². The number of amides is 1. The van der Waals surface area contributed by atoms with Crippen LogP contribution in [0.15, 0.2) is 27.5 Å². The fraction of sp³-hybridized carbons (Fsp3) is 0.591. The van der Waals surface area contributed by atoms with Crippen LogP contribution in [-0.2, 0) is 29.6 Å². The number of Topliss-reactive ketones (excluding diaryl/α,β-unsaturated/α-hetero) is 1. The largest absolute Gasteiger partial charge is 0.341 e. The third-order valence-electron chi connectivity index (χ3n) is 6.43. The van der Waals surface area contributed by atoms with E-state index in [1.165, 1.54) is 12.1 Å². The Morgan fingerprint density at radius 3 is 2.50 bits per heavy atom. The summed E-state index contributed by atoms with van der Waals surface area (Å²) in [5.74, 6) is -1.93. The Morgan fingerprint density at radius 1 is 1.21 bits per heavy atom. The van der Waals surface area contributed by atoms with Crippen LogP contribution in [0.4, 0.5) is 11.4 Å². The Hall–Kier alpha value is -2.47. The standard InChI is InChI=1S/C22H30N4O6S2/c1-13(2)10-16-12-18(27)20(22(28)26(16)15-6-4-5-7-15)21-23-17-9-8-14(24-33(3,29)30)11-19(17)34(31,32)25-21/h8-9,11,13,15-16,20,24H,4-7,10,12H2,1-3H3,(H,23,25). The second-order valence-electron chi connectivity index (χ2n) is 9.73. The van der Waals surface area contributed by atoms with Crippen LogP contribution in [0.1, 0.15) is 52.4 Å². The number of sulfonamides is 2. The van der Waals surface area contributed by atoms with Crippen LogP contribution in [0, 0.1) is 11.8 Å². The number of carbonyl (C=O) groups is 2. The van der Waals surface area contributed by atoms with Crippen molar-refractivity contribution in [3.05, 3.63) is 18.2 Å². The number of likely N-dealkylation sites (tertiary alicyclic amines) is 1. The summed E-state index contributed by atoms with van der Waals surface area (Å²) in [6.07, 6.45) is 5.61. The molecule has 3 aliphatic rings. The van der Waals surface area contributed by atoms with E-state index in [0.29, 0.717) is 12.3 Å². The zero-order chi connectivity index (χ0) is 24.8. The van der Waals surface area contributed by atoms with E-state index in [1.54, 1.807) is 0 Å². The van der Waals surface area contributed by atoms with E-state index in [2.05, 4.69) is 28.3 Å². The fourth-order valence-corrected chi connectivity index (χ4v) is 6.90. The highest BCUT2D eigenvalue weighted by molar-refractivity contribution is 7.92. The average Bonchev–Trinajstić information content (AvgIpc) is 3.20. The van der Waals surface area contributed by atoms with Crippen LogP contribution in [0.25, 0.3) is 0 Å². The first-order valence-electron chi connectivity index (χ1n) is 11.4. The number of hydrogen-bond donors (Lipinski definition) is 2. The first-order chi connectivity index (χ1) is 15.9. The normalized spacial score (nSPS) is 25.2. The van der Waals surface area contributed by atoms with Gasteiger partial charge in [0.05, 0.1) is 11.9 Å². The summed E-state index contributed by atoms with van der Waals surface area (Å²) in [5, 5.41) is 2.87. The molecule has 2 heterocycles. The predicted molar refractivity (Wildman–Crippen MR) is 129 cm³/mol. The van der Waals surface area contributed by atoms with Gasteiger partial charge in [0.25, 0.3) is 10.0 Å². The topological polar surface area (TPSA) is 142 Å². The minimum atomic E-state index is -4.27. The number of amidine groups is 1. The molecule has 1 saturated carbocycles. The lowest BCUT2D eigenvalue weighted by Gasteiger charge is -2.43. The van der Waals surface area contributed by atoms with E-state index in [4.69, 9.17) is 0 Å². The zero-order valence-corrected chi connectivity index (χ0v) is 21.1. The predicted octanol–water partition coefficient (Wildman–Crippen LogP) is 2.35. The molecule has 0 aromatic heterocycles. The van der Waals surface area contributed by atoms with Crippen molar-refractivity contribution in [3.63, 3.8) is 0 Å². The van der Waals surface area contributed by atoms with E-state index >= 15 is 0 Å². The minimum absolute atomic E-state index is 0.0459. The summed E-state index contributed by atoms with van der Waals surface area (Å²) in [7, 11) is -7.87. The van der Waals surface area contributed by atoms with E-state index in [-0.39, 0.29) is 46.4 Å².